The molecule has 0 aromatic heterocycles. The molecule has 3 nitrogen and oxygen atoms in total. The van der Waals surface area contributed by atoms with Crippen LogP contribution in [-0.2, 0) is 9.47 Å². The largest absolute Gasteiger partial charge is 0.380 e. The van der Waals surface area contributed by atoms with Crippen LogP contribution >= 0.6 is 0 Å². The van der Waals surface area contributed by atoms with Crippen molar-refractivity contribution in [3.8, 4) is 0 Å². The van der Waals surface area contributed by atoms with E-state index in [1.54, 1.807) is 0 Å². The van der Waals surface area contributed by atoms with E-state index in [1.807, 2.05) is 7.11 Å². The van der Waals surface area contributed by atoms with Crippen LogP contribution in [0.4, 0.5) is 0 Å². The van der Waals surface area contributed by atoms with Gasteiger partial charge in [-0.15, -0.1) is 0 Å². The van der Waals surface area contributed by atoms with E-state index >= 15 is 0 Å². The Hall–Kier alpha value is -0.120. The molecule has 0 amide bonds. The van der Waals surface area contributed by atoms with Gasteiger partial charge in [0.25, 0.3) is 0 Å². The minimum absolute atomic E-state index is 0.227. The summed E-state index contributed by atoms with van der Waals surface area (Å²) < 4.78 is 11.9. The number of methoxy groups -OCH3 is 1. The molecule has 1 N–H and O–H groups in total. The van der Waals surface area contributed by atoms with Crippen molar-refractivity contribution in [2.75, 3.05) is 20.3 Å². The van der Waals surface area contributed by atoms with E-state index in [0.29, 0.717) is 24.0 Å². The number of hydrogen-bond acceptors (Lipinski definition) is 3. The molecule has 1 saturated carbocycles. The van der Waals surface area contributed by atoms with Gasteiger partial charge in [-0.2, -0.15) is 0 Å². The van der Waals surface area contributed by atoms with Crippen molar-refractivity contribution < 1.29 is 9.47 Å². The second kappa shape index (κ2) is 7.24. The number of nitrogens with one attached hydrogen (secondary N) is 1. The molecule has 0 bridgehead atoms. The first-order valence-electron chi connectivity index (χ1n) is 8.52. The fraction of sp³-hybridized carbons (Fsp3) is 1.00. The molecular formula is C17H33NO2. The Bertz CT molecular complexity index is 289. The molecule has 1 aliphatic heterocycles. The summed E-state index contributed by atoms with van der Waals surface area (Å²) >= 11 is 0. The quantitative estimate of drug-likeness (QED) is 0.777. The highest BCUT2D eigenvalue weighted by molar-refractivity contribution is 4.98. The van der Waals surface area contributed by atoms with Crippen LogP contribution in [0.1, 0.15) is 59.3 Å². The molecule has 0 aromatic rings. The number of hydrogen-bond donors (Lipinski definition) is 1. The molecule has 0 radical (unpaired) electrons. The predicted octanol–water partition coefficient (Wildman–Crippen LogP) is 3.37. The van der Waals surface area contributed by atoms with E-state index in [0.717, 1.165) is 13.2 Å². The minimum atomic E-state index is 0.227. The normalized spacial score (nSPS) is 28.4. The van der Waals surface area contributed by atoms with E-state index in [-0.39, 0.29) is 5.60 Å². The lowest BCUT2D eigenvalue weighted by molar-refractivity contribution is -0.153. The third-order valence-corrected chi connectivity index (χ3v) is 5.22. The second-order valence-electron chi connectivity index (χ2n) is 7.06. The first-order chi connectivity index (χ1) is 9.62. The van der Waals surface area contributed by atoms with Gasteiger partial charge in [-0.1, -0.05) is 20.8 Å². The summed E-state index contributed by atoms with van der Waals surface area (Å²) in [4.78, 5) is 0. The standard InChI is InChI=1S/C17H33NO2/c1-5-10-18-15(16(19-4)13(2)3)14-7-11-20-17(12-14)8-6-9-17/h13-16,18H,5-12H2,1-4H3. The molecule has 2 aliphatic rings. The zero-order valence-corrected chi connectivity index (χ0v) is 13.8. The van der Waals surface area contributed by atoms with Gasteiger partial charge in [-0.25, -0.2) is 0 Å². The maximum Gasteiger partial charge on any atom is 0.0749 e. The number of rotatable bonds is 7. The van der Waals surface area contributed by atoms with Gasteiger partial charge in [0.2, 0.25) is 0 Å². The first kappa shape index (κ1) is 16.3. The smallest absolute Gasteiger partial charge is 0.0749 e. The van der Waals surface area contributed by atoms with Gasteiger partial charge >= 0.3 is 0 Å². The maximum atomic E-state index is 6.09. The summed E-state index contributed by atoms with van der Waals surface area (Å²) in [6, 6.07) is 0.473. The summed E-state index contributed by atoms with van der Waals surface area (Å²) in [6.07, 6.45) is 7.77. The van der Waals surface area contributed by atoms with Gasteiger partial charge in [0, 0.05) is 19.8 Å². The van der Waals surface area contributed by atoms with Crippen LogP contribution < -0.4 is 5.32 Å². The zero-order valence-electron chi connectivity index (χ0n) is 13.8. The van der Waals surface area contributed by atoms with Gasteiger partial charge in [0.1, 0.15) is 0 Å². The van der Waals surface area contributed by atoms with Gasteiger partial charge in [0.15, 0.2) is 0 Å². The van der Waals surface area contributed by atoms with E-state index in [1.165, 1.54) is 38.5 Å². The van der Waals surface area contributed by atoms with Crippen LogP contribution in [0.25, 0.3) is 0 Å². The Morgan fingerprint density at radius 1 is 1.35 bits per heavy atom. The molecular weight excluding hydrogens is 250 g/mol. The van der Waals surface area contributed by atoms with Crippen molar-refractivity contribution in [2.24, 2.45) is 11.8 Å². The average molecular weight is 283 g/mol. The van der Waals surface area contributed by atoms with Crippen LogP contribution in [0.3, 0.4) is 0 Å². The lowest BCUT2D eigenvalue weighted by Gasteiger charge is -2.50. The summed E-state index contributed by atoms with van der Waals surface area (Å²) in [5.41, 5.74) is 0.227. The lowest BCUT2D eigenvalue weighted by Crippen LogP contribution is -2.55. The fourth-order valence-corrected chi connectivity index (χ4v) is 3.99. The molecule has 3 heteroatoms. The van der Waals surface area contributed by atoms with Gasteiger partial charge in [0.05, 0.1) is 11.7 Å². The van der Waals surface area contributed by atoms with E-state index < -0.39 is 0 Å². The third kappa shape index (κ3) is 3.55. The Balaban J connectivity index is 2.04. The van der Waals surface area contributed by atoms with Crippen LogP contribution in [0.15, 0.2) is 0 Å². The Kier molecular flexibility index (Phi) is 5.88. The highest BCUT2D eigenvalue weighted by Crippen LogP contribution is 2.45. The number of ether oxygens (including phenoxy) is 2. The van der Waals surface area contributed by atoms with Crippen LogP contribution in [0.2, 0.25) is 0 Å². The first-order valence-corrected chi connectivity index (χ1v) is 8.52. The molecule has 2 fully saturated rings. The summed E-state index contributed by atoms with van der Waals surface area (Å²) in [5, 5.41) is 3.78. The van der Waals surface area contributed by atoms with E-state index in [4.69, 9.17) is 9.47 Å². The van der Waals surface area contributed by atoms with Gasteiger partial charge < -0.3 is 14.8 Å². The molecule has 1 heterocycles. The van der Waals surface area contributed by atoms with Crippen molar-refractivity contribution in [2.45, 2.75) is 77.0 Å². The zero-order chi connectivity index (χ0) is 14.6. The molecule has 3 atom stereocenters. The molecule has 118 valence electrons. The Labute approximate surface area is 124 Å². The van der Waals surface area contributed by atoms with Crippen molar-refractivity contribution in [3.05, 3.63) is 0 Å². The maximum absolute atomic E-state index is 6.09. The highest BCUT2D eigenvalue weighted by atomic mass is 16.5. The second-order valence-corrected chi connectivity index (χ2v) is 7.06. The summed E-state index contributed by atoms with van der Waals surface area (Å²) in [7, 11) is 1.86. The molecule has 3 unspecified atom stereocenters. The van der Waals surface area contributed by atoms with E-state index in [9.17, 15) is 0 Å². The minimum Gasteiger partial charge on any atom is -0.380 e. The van der Waals surface area contributed by atoms with Crippen LogP contribution in [0.5, 0.6) is 0 Å². The molecule has 1 aliphatic carbocycles. The van der Waals surface area contributed by atoms with E-state index in [2.05, 4.69) is 26.1 Å². The Morgan fingerprint density at radius 2 is 2.10 bits per heavy atom. The molecule has 1 saturated heterocycles. The average Bonchev–Trinajstić information content (AvgIpc) is 2.41. The highest BCUT2D eigenvalue weighted by Gasteiger charge is 2.45. The molecule has 2 rings (SSSR count). The monoisotopic (exact) mass is 283 g/mol. The molecule has 1 spiro atoms. The molecule has 0 aromatic carbocycles. The van der Waals surface area contributed by atoms with Crippen LogP contribution in [-0.4, -0.2) is 38.0 Å². The summed E-state index contributed by atoms with van der Waals surface area (Å²) in [6.45, 7) is 8.80. The fourth-order valence-electron chi connectivity index (χ4n) is 3.99. The lowest BCUT2D eigenvalue weighted by atomic mass is 9.69. The topological polar surface area (TPSA) is 30.5 Å². The van der Waals surface area contributed by atoms with Gasteiger partial charge in [-0.3, -0.25) is 0 Å². The molecule has 20 heavy (non-hydrogen) atoms. The SMILES string of the molecule is CCCNC(C1CCOC2(CCC2)C1)C(OC)C(C)C. The van der Waals surface area contributed by atoms with Crippen molar-refractivity contribution in [3.63, 3.8) is 0 Å². The van der Waals surface area contributed by atoms with Crippen LogP contribution in [0, 0.1) is 11.8 Å². The predicted molar refractivity (Wildman–Crippen MR) is 83.0 cm³/mol. The van der Waals surface area contributed by atoms with Crippen molar-refractivity contribution in [1.82, 2.24) is 5.32 Å². The third-order valence-electron chi connectivity index (χ3n) is 5.22. The van der Waals surface area contributed by atoms with Crippen molar-refractivity contribution >= 4 is 0 Å². The Morgan fingerprint density at radius 3 is 2.60 bits per heavy atom. The summed E-state index contributed by atoms with van der Waals surface area (Å²) in [5.74, 6) is 1.25. The van der Waals surface area contributed by atoms with Gasteiger partial charge in [-0.05, 0) is 56.9 Å². The van der Waals surface area contributed by atoms with Crippen molar-refractivity contribution in [1.29, 1.82) is 0 Å².